The molecule has 2 aromatic rings. The highest BCUT2D eigenvalue weighted by Crippen LogP contribution is 2.24. The molecular formula is C11H10Cl2N4O. The molecule has 3 N–H and O–H groups in total. The maximum atomic E-state index is 5.86. The maximum absolute atomic E-state index is 5.86. The fourth-order valence-corrected chi connectivity index (χ4v) is 1.78. The minimum atomic E-state index is 0.272. The highest BCUT2D eigenvalue weighted by molar-refractivity contribution is 6.34. The lowest BCUT2D eigenvalue weighted by Gasteiger charge is -2.07. The number of nitrogens with zero attached hydrogens (tertiary/aromatic N) is 2. The van der Waals surface area contributed by atoms with Crippen molar-refractivity contribution >= 4 is 29.0 Å². The lowest BCUT2D eigenvalue weighted by atomic mass is 10.3. The molecule has 0 aliphatic heterocycles. The molecule has 0 amide bonds. The van der Waals surface area contributed by atoms with Gasteiger partial charge in [-0.25, -0.2) is 10.8 Å². The van der Waals surface area contributed by atoms with Gasteiger partial charge in [-0.2, -0.15) is 0 Å². The Morgan fingerprint density at radius 2 is 1.83 bits per heavy atom. The predicted molar refractivity (Wildman–Crippen MR) is 70.6 cm³/mol. The number of anilines is 1. The summed E-state index contributed by atoms with van der Waals surface area (Å²) in [5.41, 5.74) is 3.06. The molecule has 0 radical (unpaired) electrons. The molecule has 5 nitrogen and oxygen atoms in total. The molecule has 0 atom stereocenters. The van der Waals surface area contributed by atoms with E-state index >= 15 is 0 Å². The second-order valence-electron chi connectivity index (χ2n) is 3.43. The van der Waals surface area contributed by atoms with Crippen LogP contribution in [0.3, 0.4) is 0 Å². The number of nitrogen functional groups attached to an aromatic ring is 1. The molecule has 0 fully saturated rings. The summed E-state index contributed by atoms with van der Waals surface area (Å²) >= 11 is 11.7. The Morgan fingerprint density at radius 3 is 2.39 bits per heavy atom. The number of ether oxygens (including phenoxy) is 1. The molecule has 1 aromatic heterocycles. The van der Waals surface area contributed by atoms with Gasteiger partial charge in [0.05, 0.1) is 18.1 Å². The van der Waals surface area contributed by atoms with Crippen molar-refractivity contribution in [1.82, 2.24) is 9.97 Å². The van der Waals surface area contributed by atoms with Crippen molar-refractivity contribution < 1.29 is 4.74 Å². The van der Waals surface area contributed by atoms with Gasteiger partial charge in [-0.3, -0.25) is 4.98 Å². The smallest absolute Gasteiger partial charge is 0.158 e. The number of hydrogen-bond acceptors (Lipinski definition) is 5. The van der Waals surface area contributed by atoms with E-state index in [4.69, 9.17) is 33.8 Å². The van der Waals surface area contributed by atoms with Gasteiger partial charge in [-0.1, -0.05) is 23.2 Å². The SMILES string of the molecule is NNc1cnc(COc2cc(Cl)cc(Cl)c2)cn1. The number of nitrogens with one attached hydrogen (secondary N) is 1. The second kappa shape index (κ2) is 5.86. The number of hydrogen-bond donors (Lipinski definition) is 2. The minimum absolute atomic E-state index is 0.272. The summed E-state index contributed by atoms with van der Waals surface area (Å²) < 4.78 is 5.50. The van der Waals surface area contributed by atoms with Crippen molar-refractivity contribution in [3.63, 3.8) is 0 Å². The molecule has 18 heavy (non-hydrogen) atoms. The van der Waals surface area contributed by atoms with Crippen molar-refractivity contribution in [2.24, 2.45) is 5.84 Å². The van der Waals surface area contributed by atoms with E-state index in [0.29, 0.717) is 27.3 Å². The van der Waals surface area contributed by atoms with Crippen LogP contribution in [-0.4, -0.2) is 9.97 Å². The number of aromatic nitrogens is 2. The van der Waals surface area contributed by atoms with Gasteiger partial charge in [-0.15, -0.1) is 0 Å². The van der Waals surface area contributed by atoms with Gasteiger partial charge >= 0.3 is 0 Å². The van der Waals surface area contributed by atoms with Crippen LogP contribution in [0.1, 0.15) is 5.69 Å². The van der Waals surface area contributed by atoms with Crippen molar-refractivity contribution in [2.45, 2.75) is 6.61 Å². The van der Waals surface area contributed by atoms with Crippen LogP contribution in [-0.2, 0) is 6.61 Å². The van der Waals surface area contributed by atoms with Crippen LogP contribution in [0.4, 0.5) is 5.82 Å². The quantitative estimate of drug-likeness (QED) is 0.667. The van der Waals surface area contributed by atoms with Gasteiger partial charge in [0.1, 0.15) is 12.4 Å². The number of rotatable bonds is 4. The van der Waals surface area contributed by atoms with E-state index in [2.05, 4.69) is 15.4 Å². The fourth-order valence-electron chi connectivity index (χ4n) is 1.27. The van der Waals surface area contributed by atoms with Gasteiger partial charge in [0.2, 0.25) is 0 Å². The van der Waals surface area contributed by atoms with Crippen LogP contribution in [0, 0.1) is 0 Å². The Balaban J connectivity index is 2.01. The molecule has 1 heterocycles. The van der Waals surface area contributed by atoms with Crippen LogP contribution in [0.5, 0.6) is 5.75 Å². The van der Waals surface area contributed by atoms with E-state index in [1.54, 1.807) is 24.4 Å². The Morgan fingerprint density at radius 1 is 1.11 bits per heavy atom. The van der Waals surface area contributed by atoms with Crippen molar-refractivity contribution in [3.8, 4) is 5.75 Å². The van der Waals surface area contributed by atoms with E-state index in [1.807, 2.05) is 0 Å². The zero-order valence-electron chi connectivity index (χ0n) is 9.23. The Labute approximate surface area is 114 Å². The van der Waals surface area contributed by atoms with Crippen LogP contribution in [0.2, 0.25) is 10.0 Å². The van der Waals surface area contributed by atoms with Gasteiger partial charge in [0.25, 0.3) is 0 Å². The summed E-state index contributed by atoms with van der Waals surface area (Å²) in [5, 5.41) is 1.04. The summed E-state index contributed by atoms with van der Waals surface area (Å²) in [6.07, 6.45) is 3.09. The van der Waals surface area contributed by atoms with E-state index in [-0.39, 0.29) is 6.61 Å². The van der Waals surface area contributed by atoms with Crippen molar-refractivity contribution in [3.05, 3.63) is 46.3 Å². The van der Waals surface area contributed by atoms with Gasteiger partial charge in [0.15, 0.2) is 5.82 Å². The van der Waals surface area contributed by atoms with E-state index < -0.39 is 0 Å². The van der Waals surface area contributed by atoms with E-state index in [0.717, 1.165) is 0 Å². The first kappa shape index (κ1) is 12.9. The molecule has 0 aliphatic carbocycles. The second-order valence-corrected chi connectivity index (χ2v) is 4.30. The van der Waals surface area contributed by atoms with E-state index in [9.17, 15) is 0 Å². The van der Waals surface area contributed by atoms with Crippen molar-refractivity contribution in [2.75, 3.05) is 5.43 Å². The van der Waals surface area contributed by atoms with Crippen molar-refractivity contribution in [1.29, 1.82) is 0 Å². The Bertz CT molecular complexity index is 513. The summed E-state index contributed by atoms with van der Waals surface area (Å²) in [6.45, 7) is 0.272. The topological polar surface area (TPSA) is 73.1 Å². The average Bonchev–Trinajstić information content (AvgIpc) is 2.36. The monoisotopic (exact) mass is 284 g/mol. The lowest BCUT2D eigenvalue weighted by molar-refractivity contribution is 0.301. The molecule has 0 saturated heterocycles. The Hall–Kier alpha value is -1.56. The Kier molecular flexibility index (Phi) is 4.19. The highest BCUT2D eigenvalue weighted by atomic mass is 35.5. The zero-order valence-corrected chi connectivity index (χ0v) is 10.7. The summed E-state index contributed by atoms with van der Waals surface area (Å²) in [7, 11) is 0. The minimum Gasteiger partial charge on any atom is -0.487 e. The van der Waals surface area contributed by atoms with Gasteiger partial charge in [0, 0.05) is 10.0 Å². The normalized spacial score (nSPS) is 10.2. The number of benzene rings is 1. The summed E-state index contributed by atoms with van der Waals surface area (Å²) in [6, 6.07) is 4.99. The first-order chi connectivity index (χ1) is 8.67. The maximum Gasteiger partial charge on any atom is 0.158 e. The third-order valence-corrected chi connectivity index (χ3v) is 2.51. The first-order valence-corrected chi connectivity index (χ1v) is 5.79. The number of nitrogens with two attached hydrogens (primary N) is 1. The zero-order chi connectivity index (χ0) is 13.0. The summed E-state index contributed by atoms with van der Waals surface area (Å²) in [5.74, 6) is 6.25. The molecule has 2 rings (SSSR count). The molecular weight excluding hydrogens is 275 g/mol. The molecule has 94 valence electrons. The molecule has 1 aromatic carbocycles. The highest BCUT2D eigenvalue weighted by Gasteiger charge is 2.01. The summed E-state index contributed by atoms with van der Waals surface area (Å²) in [4.78, 5) is 8.13. The van der Waals surface area contributed by atoms with Gasteiger partial charge < -0.3 is 10.2 Å². The fraction of sp³-hybridized carbons (Fsp3) is 0.0909. The molecule has 0 spiro atoms. The average molecular weight is 285 g/mol. The number of halogens is 2. The largest absolute Gasteiger partial charge is 0.487 e. The van der Waals surface area contributed by atoms with Gasteiger partial charge in [-0.05, 0) is 18.2 Å². The van der Waals surface area contributed by atoms with Crippen LogP contribution >= 0.6 is 23.2 Å². The molecule has 0 bridgehead atoms. The van der Waals surface area contributed by atoms with Crippen LogP contribution in [0.15, 0.2) is 30.6 Å². The lowest BCUT2D eigenvalue weighted by Crippen LogP contribution is -2.09. The third kappa shape index (κ3) is 3.46. The van der Waals surface area contributed by atoms with E-state index in [1.165, 1.54) is 6.20 Å². The number of hydrazine groups is 1. The van der Waals surface area contributed by atoms with Crippen LogP contribution in [0.25, 0.3) is 0 Å². The first-order valence-electron chi connectivity index (χ1n) is 5.04. The predicted octanol–water partition coefficient (Wildman–Crippen LogP) is 2.65. The molecule has 0 unspecified atom stereocenters. The molecule has 7 heteroatoms. The molecule has 0 aliphatic rings. The van der Waals surface area contributed by atoms with Crippen LogP contribution < -0.4 is 16.0 Å². The third-order valence-electron chi connectivity index (χ3n) is 2.08. The molecule has 0 saturated carbocycles. The standard InChI is InChI=1S/C11H10Cl2N4O/c12-7-1-8(13)3-10(2-7)18-6-9-4-16-11(17-14)5-15-9/h1-5H,6,14H2,(H,16,17).